The molecule has 0 amide bonds. The molecule has 0 atom stereocenters. The van der Waals surface area contributed by atoms with Crippen LogP contribution < -0.4 is 0 Å². The number of fused-ring (bicyclic) bond motifs is 6. The highest BCUT2D eigenvalue weighted by atomic mass is 127. The largest absolute Gasteiger partial charge is 0.133 e. The Bertz CT molecular complexity index is 1440. The molecule has 0 bridgehead atoms. The smallest absolute Gasteiger partial charge is 0.0489 e. The fourth-order valence-corrected chi connectivity index (χ4v) is 6.95. The third-order valence-corrected chi connectivity index (χ3v) is 8.92. The van der Waals surface area contributed by atoms with Crippen molar-refractivity contribution in [1.29, 1.82) is 0 Å². The predicted octanol–water partition coefficient (Wildman–Crippen LogP) is 8.63. The first-order valence-corrected chi connectivity index (χ1v) is 11.8. The Hall–Kier alpha value is -2.17. The number of benzene rings is 4. The van der Waals surface area contributed by atoms with Crippen LogP contribution in [-0.4, -0.2) is 0 Å². The number of hydrogen-bond acceptors (Lipinski definition) is 1. The van der Waals surface area contributed by atoms with Crippen molar-refractivity contribution in [1.82, 2.24) is 0 Å². The zero-order valence-electron chi connectivity index (χ0n) is 16.3. The van der Waals surface area contributed by atoms with Gasteiger partial charge in [-0.1, -0.05) is 80.6 Å². The average Bonchev–Trinajstić information content (AvgIpc) is 3.23. The van der Waals surface area contributed by atoms with Crippen molar-refractivity contribution in [3.05, 3.63) is 93.6 Å². The maximum absolute atomic E-state index is 2.46. The Morgan fingerprint density at radius 3 is 2.21 bits per heavy atom. The van der Waals surface area contributed by atoms with Crippen molar-refractivity contribution in [3.63, 3.8) is 0 Å². The minimum absolute atomic E-state index is 0.0331. The third-order valence-electron chi connectivity index (χ3n) is 6.37. The van der Waals surface area contributed by atoms with Gasteiger partial charge in [-0.3, -0.25) is 0 Å². The van der Waals surface area contributed by atoms with Gasteiger partial charge in [0.25, 0.3) is 0 Å². The van der Waals surface area contributed by atoms with Gasteiger partial charge < -0.3 is 0 Å². The van der Waals surface area contributed by atoms with Gasteiger partial charge in [-0.05, 0) is 68.1 Å². The Labute approximate surface area is 188 Å². The molecular weight excluding hydrogens is 483 g/mol. The van der Waals surface area contributed by atoms with Crippen LogP contribution >= 0.6 is 33.9 Å². The topological polar surface area (TPSA) is 0 Å². The highest BCUT2D eigenvalue weighted by Crippen LogP contribution is 2.50. The SMILES string of the molecule is CC1(C)c2ccccc2-c2ccc(-c3cccc4c3sc3c(I)cccc34)cc21. The van der Waals surface area contributed by atoms with Gasteiger partial charge in [0.05, 0.1) is 0 Å². The van der Waals surface area contributed by atoms with Gasteiger partial charge in [0.2, 0.25) is 0 Å². The zero-order chi connectivity index (χ0) is 19.8. The van der Waals surface area contributed by atoms with Crippen LogP contribution in [0.15, 0.2) is 78.9 Å². The van der Waals surface area contributed by atoms with Crippen LogP contribution in [0.25, 0.3) is 42.4 Å². The van der Waals surface area contributed by atoms with Gasteiger partial charge in [0, 0.05) is 29.2 Å². The van der Waals surface area contributed by atoms with E-state index in [-0.39, 0.29) is 5.41 Å². The highest BCUT2D eigenvalue weighted by Gasteiger charge is 2.35. The number of thiophene rings is 1. The molecule has 4 aromatic carbocycles. The van der Waals surface area contributed by atoms with Crippen LogP contribution in [0.2, 0.25) is 0 Å². The van der Waals surface area contributed by atoms with Crippen molar-refractivity contribution in [2.24, 2.45) is 0 Å². The van der Waals surface area contributed by atoms with E-state index in [2.05, 4.69) is 115 Å². The van der Waals surface area contributed by atoms with Gasteiger partial charge in [-0.25, -0.2) is 0 Å². The summed E-state index contributed by atoms with van der Waals surface area (Å²) in [5, 5.41) is 2.73. The van der Waals surface area contributed by atoms with Gasteiger partial charge in [0.1, 0.15) is 0 Å². The molecule has 0 radical (unpaired) electrons. The van der Waals surface area contributed by atoms with E-state index in [0.29, 0.717) is 0 Å². The van der Waals surface area contributed by atoms with E-state index in [1.54, 1.807) is 0 Å². The maximum Gasteiger partial charge on any atom is 0.0489 e. The lowest BCUT2D eigenvalue weighted by Crippen LogP contribution is -2.14. The summed E-state index contributed by atoms with van der Waals surface area (Å²) < 4.78 is 4.11. The zero-order valence-corrected chi connectivity index (χ0v) is 19.3. The van der Waals surface area contributed by atoms with Crippen LogP contribution in [0.3, 0.4) is 0 Å². The molecule has 0 N–H and O–H groups in total. The molecule has 1 aromatic heterocycles. The molecule has 0 nitrogen and oxygen atoms in total. The monoisotopic (exact) mass is 502 g/mol. The minimum atomic E-state index is 0.0331. The quantitative estimate of drug-likeness (QED) is 0.201. The summed E-state index contributed by atoms with van der Waals surface area (Å²) >= 11 is 4.38. The molecule has 1 aliphatic rings. The fourth-order valence-electron chi connectivity index (χ4n) is 4.88. The summed E-state index contributed by atoms with van der Waals surface area (Å²) in [6.45, 7) is 4.70. The Morgan fingerprint density at radius 1 is 0.655 bits per heavy atom. The molecular formula is C27H19IS. The molecule has 5 aromatic rings. The second-order valence-corrected chi connectivity index (χ2v) is 10.5. The summed E-state index contributed by atoms with van der Waals surface area (Å²) in [5.41, 5.74) is 8.32. The average molecular weight is 502 g/mol. The molecule has 0 saturated carbocycles. The van der Waals surface area contributed by atoms with Crippen molar-refractivity contribution in [2.45, 2.75) is 19.3 Å². The van der Waals surface area contributed by atoms with E-state index in [1.165, 1.54) is 57.1 Å². The summed E-state index contributed by atoms with van der Waals surface area (Å²) in [6, 6.07) is 29.3. The van der Waals surface area contributed by atoms with Crippen LogP contribution in [0.4, 0.5) is 0 Å². The maximum atomic E-state index is 2.46. The molecule has 0 fully saturated rings. The van der Waals surface area contributed by atoms with Crippen LogP contribution in [-0.2, 0) is 5.41 Å². The van der Waals surface area contributed by atoms with Crippen LogP contribution in [0.5, 0.6) is 0 Å². The van der Waals surface area contributed by atoms with E-state index < -0.39 is 0 Å². The van der Waals surface area contributed by atoms with Crippen LogP contribution in [0.1, 0.15) is 25.0 Å². The van der Waals surface area contributed by atoms with Crippen LogP contribution in [0, 0.1) is 3.57 Å². The summed E-state index contributed by atoms with van der Waals surface area (Å²) in [4.78, 5) is 0. The van der Waals surface area contributed by atoms with Gasteiger partial charge >= 0.3 is 0 Å². The summed E-state index contributed by atoms with van der Waals surface area (Å²) in [7, 11) is 0. The highest BCUT2D eigenvalue weighted by molar-refractivity contribution is 14.1. The first-order valence-electron chi connectivity index (χ1n) is 9.90. The first-order chi connectivity index (χ1) is 14.1. The molecule has 2 heteroatoms. The van der Waals surface area contributed by atoms with Crippen molar-refractivity contribution < 1.29 is 0 Å². The third kappa shape index (κ3) is 2.42. The molecule has 140 valence electrons. The lowest BCUT2D eigenvalue weighted by atomic mass is 9.81. The van der Waals surface area contributed by atoms with Crippen molar-refractivity contribution >= 4 is 54.1 Å². The van der Waals surface area contributed by atoms with E-state index in [1.807, 2.05) is 11.3 Å². The number of halogens is 1. The molecule has 6 rings (SSSR count). The van der Waals surface area contributed by atoms with E-state index in [4.69, 9.17) is 0 Å². The molecule has 1 heterocycles. The Kier molecular flexibility index (Phi) is 3.76. The molecule has 1 aliphatic carbocycles. The lowest BCUT2D eigenvalue weighted by molar-refractivity contribution is 0.660. The second kappa shape index (κ2) is 6.16. The fraction of sp³-hybridized carbons (Fsp3) is 0.111. The van der Waals surface area contributed by atoms with Gasteiger partial charge in [-0.15, -0.1) is 11.3 Å². The standard InChI is InChI=1S/C27H19IS/c1-27(2)22-11-4-3-7-18(22)19-14-13-16(15-23(19)27)17-8-5-9-20-21-10-6-12-24(28)26(21)29-25(17)20/h3-15H,1-2H3. The second-order valence-electron chi connectivity index (χ2n) is 8.33. The molecule has 0 saturated heterocycles. The molecule has 0 aliphatic heterocycles. The van der Waals surface area contributed by atoms with Crippen molar-refractivity contribution in [3.8, 4) is 22.3 Å². The van der Waals surface area contributed by atoms with E-state index >= 15 is 0 Å². The first kappa shape index (κ1) is 17.7. The molecule has 0 spiro atoms. The van der Waals surface area contributed by atoms with Gasteiger partial charge in [0.15, 0.2) is 0 Å². The molecule has 0 unspecified atom stereocenters. The van der Waals surface area contributed by atoms with E-state index in [0.717, 1.165) is 0 Å². The molecule has 29 heavy (non-hydrogen) atoms. The normalized spacial score (nSPS) is 14.3. The number of rotatable bonds is 1. The van der Waals surface area contributed by atoms with Crippen molar-refractivity contribution in [2.75, 3.05) is 0 Å². The summed E-state index contributed by atoms with van der Waals surface area (Å²) in [5.74, 6) is 0. The predicted molar refractivity (Wildman–Crippen MR) is 135 cm³/mol. The summed E-state index contributed by atoms with van der Waals surface area (Å²) in [6.07, 6.45) is 0. The number of hydrogen-bond donors (Lipinski definition) is 0. The van der Waals surface area contributed by atoms with Gasteiger partial charge in [-0.2, -0.15) is 0 Å². The van der Waals surface area contributed by atoms with E-state index in [9.17, 15) is 0 Å². The minimum Gasteiger partial charge on any atom is -0.133 e. The Balaban J connectivity index is 1.62. The Morgan fingerprint density at radius 2 is 1.34 bits per heavy atom. The lowest BCUT2D eigenvalue weighted by Gasteiger charge is -2.22.